The van der Waals surface area contributed by atoms with Crippen LogP contribution in [0.2, 0.25) is 0 Å². The second-order valence-electron chi connectivity index (χ2n) is 6.04. The van der Waals surface area contributed by atoms with Crippen molar-refractivity contribution in [2.45, 2.75) is 45.1 Å². The van der Waals surface area contributed by atoms with Crippen LogP contribution < -0.4 is 0 Å². The van der Waals surface area contributed by atoms with Crippen LogP contribution in [-0.2, 0) is 11.3 Å². The number of hydrogen-bond donors (Lipinski definition) is 0. The van der Waals surface area contributed by atoms with Crippen molar-refractivity contribution >= 4 is 5.91 Å². The van der Waals surface area contributed by atoms with Crippen molar-refractivity contribution in [3.63, 3.8) is 0 Å². The van der Waals surface area contributed by atoms with Crippen molar-refractivity contribution in [3.05, 3.63) is 35.9 Å². The molecule has 1 saturated carbocycles. The Morgan fingerprint density at radius 2 is 1.74 bits per heavy atom. The molecule has 2 nitrogen and oxygen atoms in total. The number of hydrogen-bond acceptors (Lipinski definition) is 1. The second kappa shape index (κ2) is 5.77. The summed E-state index contributed by atoms with van der Waals surface area (Å²) >= 11 is 0. The standard InChI is InChI=1S/C17H23NO/c19-17-16(15-9-5-2-6-10-15)11-12-18(17)13-14-7-3-1-4-8-14/h1,3-4,7-8,15-16H,2,5-6,9-13H2. The van der Waals surface area contributed by atoms with Crippen LogP contribution in [0.3, 0.4) is 0 Å². The Morgan fingerprint density at radius 3 is 2.47 bits per heavy atom. The maximum Gasteiger partial charge on any atom is 0.226 e. The Labute approximate surface area is 115 Å². The molecule has 0 N–H and O–H groups in total. The predicted molar refractivity (Wildman–Crippen MR) is 76.5 cm³/mol. The number of benzene rings is 1. The van der Waals surface area contributed by atoms with Gasteiger partial charge >= 0.3 is 0 Å². The molecule has 2 aliphatic rings. The van der Waals surface area contributed by atoms with E-state index in [2.05, 4.69) is 29.2 Å². The number of likely N-dealkylation sites (tertiary alicyclic amines) is 1. The van der Waals surface area contributed by atoms with E-state index in [1.165, 1.54) is 37.7 Å². The Bertz CT molecular complexity index is 422. The largest absolute Gasteiger partial charge is 0.338 e. The van der Waals surface area contributed by atoms with Gasteiger partial charge in [-0.25, -0.2) is 0 Å². The van der Waals surface area contributed by atoms with Crippen molar-refractivity contribution in [2.24, 2.45) is 11.8 Å². The molecule has 1 unspecified atom stereocenters. The van der Waals surface area contributed by atoms with Gasteiger partial charge in [0.25, 0.3) is 0 Å². The van der Waals surface area contributed by atoms with Crippen molar-refractivity contribution < 1.29 is 4.79 Å². The molecule has 0 bridgehead atoms. The molecule has 1 saturated heterocycles. The molecule has 1 aliphatic carbocycles. The van der Waals surface area contributed by atoms with Crippen molar-refractivity contribution in [3.8, 4) is 0 Å². The number of rotatable bonds is 3. The third-order valence-electron chi connectivity index (χ3n) is 4.77. The first-order chi connectivity index (χ1) is 9.34. The summed E-state index contributed by atoms with van der Waals surface area (Å²) in [5.74, 6) is 1.40. The van der Waals surface area contributed by atoms with Gasteiger partial charge in [0.05, 0.1) is 0 Å². The van der Waals surface area contributed by atoms with Gasteiger partial charge in [0.1, 0.15) is 0 Å². The summed E-state index contributed by atoms with van der Waals surface area (Å²) in [5.41, 5.74) is 1.25. The monoisotopic (exact) mass is 257 g/mol. The minimum Gasteiger partial charge on any atom is -0.338 e. The van der Waals surface area contributed by atoms with E-state index in [9.17, 15) is 4.79 Å². The molecular formula is C17H23NO. The average Bonchev–Trinajstić information content (AvgIpc) is 2.82. The first-order valence-corrected chi connectivity index (χ1v) is 7.67. The highest BCUT2D eigenvalue weighted by atomic mass is 16.2. The molecule has 3 rings (SSSR count). The van der Waals surface area contributed by atoms with Gasteiger partial charge in [0.15, 0.2) is 0 Å². The quantitative estimate of drug-likeness (QED) is 0.810. The SMILES string of the molecule is O=C1C(C2CCCCC2)CCN1Cc1ccccc1. The van der Waals surface area contributed by atoms with Crippen LogP contribution in [0.25, 0.3) is 0 Å². The van der Waals surface area contributed by atoms with Gasteiger partial charge in [0, 0.05) is 19.0 Å². The van der Waals surface area contributed by atoms with Gasteiger partial charge in [-0.15, -0.1) is 0 Å². The van der Waals surface area contributed by atoms with Gasteiger partial charge in [-0.3, -0.25) is 4.79 Å². The normalized spacial score (nSPS) is 24.9. The van der Waals surface area contributed by atoms with Gasteiger partial charge in [0.2, 0.25) is 5.91 Å². The maximum absolute atomic E-state index is 12.5. The molecular weight excluding hydrogens is 234 g/mol. The predicted octanol–water partition coefficient (Wildman–Crippen LogP) is 3.62. The zero-order valence-electron chi connectivity index (χ0n) is 11.6. The molecule has 1 heterocycles. The molecule has 0 radical (unpaired) electrons. The van der Waals surface area contributed by atoms with E-state index in [0.717, 1.165) is 19.5 Å². The van der Waals surface area contributed by atoms with Crippen LogP contribution in [-0.4, -0.2) is 17.4 Å². The lowest BCUT2D eigenvalue weighted by Gasteiger charge is -2.26. The molecule has 0 aromatic heterocycles. The summed E-state index contributed by atoms with van der Waals surface area (Å²) in [4.78, 5) is 14.6. The summed E-state index contributed by atoms with van der Waals surface area (Å²) in [6.45, 7) is 1.75. The highest BCUT2D eigenvalue weighted by Gasteiger charge is 2.37. The van der Waals surface area contributed by atoms with Gasteiger partial charge in [-0.2, -0.15) is 0 Å². The lowest BCUT2D eigenvalue weighted by Crippen LogP contribution is -2.30. The fourth-order valence-corrected chi connectivity index (χ4v) is 3.70. The van der Waals surface area contributed by atoms with Crippen LogP contribution in [0.1, 0.15) is 44.1 Å². The van der Waals surface area contributed by atoms with Crippen LogP contribution >= 0.6 is 0 Å². The third-order valence-corrected chi connectivity index (χ3v) is 4.77. The average molecular weight is 257 g/mol. The Hall–Kier alpha value is -1.31. The molecule has 2 fully saturated rings. The lowest BCUT2D eigenvalue weighted by atomic mass is 9.79. The summed E-state index contributed by atoms with van der Waals surface area (Å²) < 4.78 is 0. The lowest BCUT2D eigenvalue weighted by molar-refractivity contribution is -0.133. The summed E-state index contributed by atoms with van der Waals surface area (Å²) in [6, 6.07) is 10.4. The summed E-state index contributed by atoms with van der Waals surface area (Å²) in [6.07, 6.45) is 7.65. The van der Waals surface area contributed by atoms with Crippen LogP contribution in [0, 0.1) is 11.8 Å². The summed E-state index contributed by atoms with van der Waals surface area (Å²) in [5, 5.41) is 0. The molecule has 102 valence electrons. The number of nitrogens with zero attached hydrogens (tertiary/aromatic N) is 1. The minimum atomic E-state index is 0.323. The fraction of sp³-hybridized carbons (Fsp3) is 0.588. The van der Waals surface area contributed by atoms with Crippen molar-refractivity contribution in [1.82, 2.24) is 4.90 Å². The first kappa shape index (κ1) is 12.7. The number of carbonyl (C=O) groups is 1. The van der Waals surface area contributed by atoms with E-state index < -0.39 is 0 Å². The zero-order chi connectivity index (χ0) is 13.1. The van der Waals surface area contributed by atoms with Gasteiger partial charge < -0.3 is 4.90 Å². The summed E-state index contributed by atoms with van der Waals surface area (Å²) in [7, 11) is 0. The molecule has 19 heavy (non-hydrogen) atoms. The molecule has 1 atom stereocenters. The molecule has 0 spiro atoms. The van der Waals surface area contributed by atoms with E-state index in [-0.39, 0.29) is 0 Å². The molecule has 1 aromatic rings. The topological polar surface area (TPSA) is 20.3 Å². The van der Waals surface area contributed by atoms with E-state index in [0.29, 0.717) is 17.7 Å². The number of amides is 1. The highest BCUT2D eigenvalue weighted by molar-refractivity contribution is 5.81. The smallest absolute Gasteiger partial charge is 0.226 e. The Balaban J connectivity index is 1.62. The first-order valence-electron chi connectivity index (χ1n) is 7.67. The zero-order valence-corrected chi connectivity index (χ0v) is 11.6. The van der Waals surface area contributed by atoms with Crippen molar-refractivity contribution in [1.29, 1.82) is 0 Å². The fourth-order valence-electron chi connectivity index (χ4n) is 3.70. The molecule has 1 aliphatic heterocycles. The van der Waals surface area contributed by atoms with E-state index in [1.54, 1.807) is 0 Å². The molecule has 2 heteroatoms. The van der Waals surface area contributed by atoms with E-state index in [1.807, 2.05) is 6.07 Å². The van der Waals surface area contributed by atoms with Crippen LogP contribution in [0.15, 0.2) is 30.3 Å². The Kier molecular flexibility index (Phi) is 3.86. The van der Waals surface area contributed by atoms with Gasteiger partial charge in [-0.1, -0.05) is 49.6 Å². The highest BCUT2D eigenvalue weighted by Crippen LogP contribution is 2.36. The third kappa shape index (κ3) is 2.83. The van der Waals surface area contributed by atoms with E-state index in [4.69, 9.17) is 0 Å². The molecule has 1 aromatic carbocycles. The van der Waals surface area contributed by atoms with Crippen LogP contribution in [0.5, 0.6) is 0 Å². The minimum absolute atomic E-state index is 0.323. The Morgan fingerprint density at radius 1 is 1.00 bits per heavy atom. The molecule has 1 amide bonds. The van der Waals surface area contributed by atoms with Crippen LogP contribution in [0.4, 0.5) is 0 Å². The van der Waals surface area contributed by atoms with Crippen molar-refractivity contribution in [2.75, 3.05) is 6.54 Å². The number of carbonyl (C=O) groups excluding carboxylic acids is 1. The van der Waals surface area contributed by atoms with E-state index >= 15 is 0 Å². The maximum atomic E-state index is 12.5. The van der Waals surface area contributed by atoms with Gasteiger partial charge in [-0.05, 0) is 30.7 Å². The second-order valence-corrected chi connectivity index (χ2v) is 6.04.